The number of ether oxygens (including phenoxy) is 1. The van der Waals surface area contributed by atoms with E-state index in [4.69, 9.17) is 10.5 Å². The van der Waals surface area contributed by atoms with Gasteiger partial charge in [0.25, 0.3) is 0 Å². The molecule has 1 aromatic carbocycles. The van der Waals surface area contributed by atoms with Crippen LogP contribution in [0.25, 0.3) is 0 Å². The summed E-state index contributed by atoms with van der Waals surface area (Å²) in [5.74, 6) is 0.994. The van der Waals surface area contributed by atoms with E-state index in [1.807, 2.05) is 18.6 Å². The molecule has 1 fully saturated rings. The van der Waals surface area contributed by atoms with E-state index in [2.05, 4.69) is 32.7 Å². The molecule has 5 nitrogen and oxygen atoms in total. The van der Waals surface area contributed by atoms with Crippen LogP contribution >= 0.6 is 0 Å². The van der Waals surface area contributed by atoms with Crippen molar-refractivity contribution in [1.82, 2.24) is 14.5 Å². The fourth-order valence-electron chi connectivity index (χ4n) is 2.87. The number of aromatic nitrogens is 2. The highest BCUT2D eigenvalue weighted by molar-refractivity contribution is 5.33. The van der Waals surface area contributed by atoms with Gasteiger partial charge >= 0.3 is 0 Å². The molecular formula is C17H24N4O. The molecule has 1 aromatic heterocycles. The summed E-state index contributed by atoms with van der Waals surface area (Å²) in [6, 6.07) is 8.63. The highest BCUT2D eigenvalue weighted by Crippen LogP contribution is 2.22. The van der Waals surface area contributed by atoms with E-state index < -0.39 is 0 Å². The van der Waals surface area contributed by atoms with Crippen LogP contribution in [0.2, 0.25) is 0 Å². The molecule has 2 heterocycles. The van der Waals surface area contributed by atoms with Crippen LogP contribution in [0.1, 0.15) is 18.4 Å². The zero-order valence-electron chi connectivity index (χ0n) is 12.9. The van der Waals surface area contributed by atoms with Gasteiger partial charge in [-0.3, -0.25) is 4.90 Å². The molecule has 3 rings (SSSR count). The van der Waals surface area contributed by atoms with Gasteiger partial charge in [-0.25, -0.2) is 4.98 Å². The average Bonchev–Trinajstić information content (AvgIpc) is 3.17. The van der Waals surface area contributed by atoms with E-state index in [-0.39, 0.29) is 0 Å². The summed E-state index contributed by atoms with van der Waals surface area (Å²) in [7, 11) is 0. The molecule has 1 atom stereocenters. The Morgan fingerprint density at radius 2 is 2.23 bits per heavy atom. The van der Waals surface area contributed by atoms with Crippen LogP contribution in [0.4, 0.5) is 0 Å². The molecule has 5 heteroatoms. The van der Waals surface area contributed by atoms with Crippen molar-refractivity contribution in [2.24, 2.45) is 5.73 Å². The van der Waals surface area contributed by atoms with Gasteiger partial charge < -0.3 is 15.0 Å². The molecule has 0 amide bonds. The van der Waals surface area contributed by atoms with Gasteiger partial charge in [-0.15, -0.1) is 0 Å². The summed E-state index contributed by atoms with van der Waals surface area (Å²) in [5, 5.41) is 0. The van der Waals surface area contributed by atoms with Gasteiger partial charge in [-0.05, 0) is 18.9 Å². The second-order valence-electron chi connectivity index (χ2n) is 5.89. The van der Waals surface area contributed by atoms with Gasteiger partial charge in [-0.2, -0.15) is 0 Å². The van der Waals surface area contributed by atoms with Crippen LogP contribution in [-0.4, -0.2) is 40.2 Å². The topological polar surface area (TPSA) is 56.3 Å². The summed E-state index contributed by atoms with van der Waals surface area (Å²) in [6.07, 6.45) is 7.68. The Morgan fingerprint density at radius 1 is 1.32 bits per heavy atom. The normalized spacial score (nSPS) is 18.7. The number of nitrogens with two attached hydrogens (primary N) is 1. The third-order valence-corrected chi connectivity index (χ3v) is 4.05. The number of hydrogen-bond acceptors (Lipinski definition) is 4. The van der Waals surface area contributed by atoms with Crippen LogP contribution in [0, 0.1) is 0 Å². The molecular weight excluding hydrogens is 276 g/mol. The van der Waals surface area contributed by atoms with Crippen LogP contribution in [0.5, 0.6) is 5.75 Å². The largest absolute Gasteiger partial charge is 0.493 e. The third-order valence-electron chi connectivity index (χ3n) is 4.05. The summed E-state index contributed by atoms with van der Waals surface area (Å²) >= 11 is 0. The molecule has 0 radical (unpaired) electrons. The van der Waals surface area contributed by atoms with Gasteiger partial charge in [0.1, 0.15) is 5.75 Å². The fourth-order valence-corrected chi connectivity index (χ4v) is 2.87. The number of benzene rings is 1. The first-order chi connectivity index (χ1) is 10.8. The first kappa shape index (κ1) is 15.1. The molecule has 0 bridgehead atoms. The average molecular weight is 300 g/mol. The third kappa shape index (κ3) is 4.08. The zero-order chi connectivity index (χ0) is 15.2. The molecule has 0 aliphatic carbocycles. The number of para-hydroxylation sites is 1. The molecule has 0 unspecified atom stereocenters. The second-order valence-corrected chi connectivity index (χ2v) is 5.89. The molecule has 1 aliphatic heterocycles. The SMILES string of the molecule is N[C@@H]1CCN(Cc2ccccc2OCCCn2ccnc2)C1. The monoisotopic (exact) mass is 300 g/mol. The van der Waals surface area contributed by atoms with E-state index in [0.29, 0.717) is 12.6 Å². The summed E-state index contributed by atoms with van der Waals surface area (Å²) in [4.78, 5) is 6.44. The number of nitrogens with zero attached hydrogens (tertiary/aromatic N) is 3. The van der Waals surface area contributed by atoms with Gasteiger partial charge in [0, 0.05) is 50.2 Å². The maximum Gasteiger partial charge on any atom is 0.123 e. The molecule has 0 spiro atoms. The number of imidazole rings is 1. The van der Waals surface area contributed by atoms with Crippen molar-refractivity contribution in [2.75, 3.05) is 19.7 Å². The minimum absolute atomic E-state index is 0.322. The standard InChI is InChI=1S/C17H24N4O/c18-16-6-9-21(13-16)12-15-4-1-2-5-17(15)22-11-3-8-20-10-7-19-14-20/h1-2,4-5,7,10,14,16H,3,6,8-9,11-13,18H2/t16-/m1/s1. The van der Waals surface area contributed by atoms with E-state index in [0.717, 1.165) is 44.8 Å². The lowest BCUT2D eigenvalue weighted by Gasteiger charge is -2.18. The van der Waals surface area contributed by atoms with Gasteiger partial charge in [0.2, 0.25) is 0 Å². The quantitative estimate of drug-likeness (QED) is 0.793. The summed E-state index contributed by atoms with van der Waals surface area (Å²) in [5.41, 5.74) is 7.23. The molecule has 118 valence electrons. The first-order valence-electron chi connectivity index (χ1n) is 7.95. The van der Waals surface area contributed by atoms with E-state index >= 15 is 0 Å². The predicted octanol–water partition coefficient (Wildman–Crippen LogP) is 1.89. The van der Waals surface area contributed by atoms with Crippen molar-refractivity contribution in [1.29, 1.82) is 0 Å². The molecule has 22 heavy (non-hydrogen) atoms. The van der Waals surface area contributed by atoms with Crippen LogP contribution in [-0.2, 0) is 13.1 Å². The Morgan fingerprint density at radius 3 is 3.00 bits per heavy atom. The minimum Gasteiger partial charge on any atom is -0.493 e. The number of likely N-dealkylation sites (tertiary alicyclic amines) is 1. The lowest BCUT2D eigenvalue weighted by Crippen LogP contribution is -2.26. The zero-order valence-corrected chi connectivity index (χ0v) is 12.9. The van der Waals surface area contributed by atoms with Gasteiger partial charge in [0.15, 0.2) is 0 Å². The van der Waals surface area contributed by atoms with Crippen molar-refractivity contribution >= 4 is 0 Å². The Labute approximate surface area is 131 Å². The van der Waals surface area contributed by atoms with E-state index in [9.17, 15) is 0 Å². The fraction of sp³-hybridized carbons (Fsp3) is 0.471. The lowest BCUT2D eigenvalue weighted by molar-refractivity contribution is 0.283. The van der Waals surface area contributed by atoms with E-state index in [1.54, 1.807) is 6.20 Å². The second kappa shape index (κ2) is 7.42. The summed E-state index contributed by atoms with van der Waals surface area (Å²) < 4.78 is 8.05. The number of hydrogen-bond donors (Lipinski definition) is 1. The Kier molecular flexibility index (Phi) is 5.08. The highest BCUT2D eigenvalue weighted by Gasteiger charge is 2.19. The minimum atomic E-state index is 0.322. The molecule has 2 aromatic rings. The summed E-state index contributed by atoms with van der Waals surface area (Å²) in [6.45, 7) is 4.63. The molecule has 1 aliphatic rings. The van der Waals surface area contributed by atoms with Gasteiger partial charge in [0.05, 0.1) is 12.9 Å². The van der Waals surface area contributed by atoms with Crippen LogP contribution < -0.4 is 10.5 Å². The lowest BCUT2D eigenvalue weighted by atomic mass is 10.2. The molecule has 1 saturated heterocycles. The van der Waals surface area contributed by atoms with Crippen molar-refractivity contribution in [3.8, 4) is 5.75 Å². The van der Waals surface area contributed by atoms with Crippen LogP contribution in [0.3, 0.4) is 0 Å². The molecule has 2 N–H and O–H groups in total. The Balaban J connectivity index is 1.50. The number of rotatable bonds is 7. The smallest absolute Gasteiger partial charge is 0.123 e. The van der Waals surface area contributed by atoms with Gasteiger partial charge in [-0.1, -0.05) is 18.2 Å². The first-order valence-corrected chi connectivity index (χ1v) is 7.95. The Hall–Kier alpha value is -1.85. The van der Waals surface area contributed by atoms with E-state index in [1.165, 1.54) is 5.56 Å². The predicted molar refractivity (Wildman–Crippen MR) is 86.7 cm³/mol. The molecule has 0 saturated carbocycles. The number of aryl methyl sites for hydroxylation is 1. The van der Waals surface area contributed by atoms with Crippen molar-refractivity contribution in [3.63, 3.8) is 0 Å². The maximum atomic E-state index is 5.98. The van der Waals surface area contributed by atoms with Crippen LogP contribution in [0.15, 0.2) is 43.0 Å². The van der Waals surface area contributed by atoms with Crippen molar-refractivity contribution < 1.29 is 4.74 Å². The van der Waals surface area contributed by atoms with Crippen molar-refractivity contribution in [2.45, 2.75) is 32.0 Å². The maximum absolute atomic E-state index is 5.98. The highest BCUT2D eigenvalue weighted by atomic mass is 16.5. The van der Waals surface area contributed by atoms with Crippen molar-refractivity contribution in [3.05, 3.63) is 48.5 Å². The Bertz CT molecular complexity index is 570.